The number of amidine groups is 2. The molecule has 0 spiro atoms. The molecule has 1 N–H and O–H groups in total. The van der Waals surface area contributed by atoms with Crippen molar-refractivity contribution in [1.29, 1.82) is 0 Å². The molecule has 7 nitrogen and oxygen atoms in total. The number of likely N-dealkylation sites (tertiary alicyclic amines) is 1. The van der Waals surface area contributed by atoms with Gasteiger partial charge in [-0.05, 0) is 42.5 Å². The fourth-order valence-electron chi connectivity index (χ4n) is 5.02. The van der Waals surface area contributed by atoms with Crippen LogP contribution in [0.15, 0.2) is 64.7 Å². The summed E-state index contributed by atoms with van der Waals surface area (Å²) in [6, 6.07) is 15.3. The lowest BCUT2D eigenvalue weighted by atomic mass is 9.99. The number of carbonyl (C=O) groups is 2. The van der Waals surface area contributed by atoms with Crippen molar-refractivity contribution in [3.05, 3.63) is 65.9 Å². The normalized spacial score (nSPS) is 20.0. The van der Waals surface area contributed by atoms with Crippen molar-refractivity contribution in [2.24, 2.45) is 15.9 Å². The molecular formula is C27H27N5O2S. The van der Waals surface area contributed by atoms with Gasteiger partial charge in [0.1, 0.15) is 11.9 Å². The summed E-state index contributed by atoms with van der Waals surface area (Å²) in [5.74, 6) is 1.57. The number of hydrogen-bond donors (Lipinski definition) is 1. The first-order chi connectivity index (χ1) is 17.1. The van der Waals surface area contributed by atoms with Crippen LogP contribution >= 0.6 is 11.8 Å². The van der Waals surface area contributed by atoms with Crippen LogP contribution in [0.1, 0.15) is 30.9 Å². The molecule has 1 fully saturated rings. The summed E-state index contributed by atoms with van der Waals surface area (Å²) in [7, 11) is 0. The lowest BCUT2D eigenvalue weighted by Crippen LogP contribution is -2.43. The van der Waals surface area contributed by atoms with Gasteiger partial charge >= 0.3 is 0 Å². The number of amides is 2. The van der Waals surface area contributed by atoms with Crippen LogP contribution in [-0.4, -0.2) is 62.5 Å². The van der Waals surface area contributed by atoms with Crippen molar-refractivity contribution in [3.8, 4) is 0 Å². The van der Waals surface area contributed by atoms with Gasteiger partial charge in [-0.2, -0.15) is 0 Å². The Morgan fingerprint density at radius 2 is 1.89 bits per heavy atom. The molecule has 0 radical (unpaired) electrons. The van der Waals surface area contributed by atoms with Crippen LogP contribution in [0, 0.1) is 5.92 Å². The SMILES string of the molecule is CC1CCN(C(=O)CSC2=Nc3ccccc3C3=N[C@H](Cc4c[nH]c5ccccc45)C(=O)N23)CC1. The highest BCUT2D eigenvalue weighted by Crippen LogP contribution is 2.35. The number of hydrogen-bond acceptors (Lipinski definition) is 5. The molecule has 3 aliphatic rings. The predicted molar refractivity (Wildman–Crippen MR) is 140 cm³/mol. The minimum absolute atomic E-state index is 0.0923. The van der Waals surface area contributed by atoms with E-state index in [1.54, 1.807) is 4.90 Å². The van der Waals surface area contributed by atoms with Crippen molar-refractivity contribution in [2.45, 2.75) is 32.2 Å². The predicted octanol–water partition coefficient (Wildman–Crippen LogP) is 4.36. The zero-order chi connectivity index (χ0) is 23.9. The maximum atomic E-state index is 13.6. The van der Waals surface area contributed by atoms with E-state index in [0.29, 0.717) is 23.3 Å². The topological polar surface area (TPSA) is 81.1 Å². The highest BCUT2D eigenvalue weighted by atomic mass is 32.2. The fourth-order valence-corrected chi connectivity index (χ4v) is 5.92. The Hall–Kier alpha value is -3.39. The van der Waals surface area contributed by atoms with Crippen molar-refractivity contribution < 1.29 is 9.59 Å². The van der Waals surface area contributed by atoms with Crippen molar-refractivity contribution in [2.75, 3.05) is 18.8 Å². The molecule has 6 rings (SSSR count). The van der Waals surface area contributed by atoms with Gasteiger partial charge in [-0.15, -0.1) is 0 Å². The van der Waals surface area contributed by atoms with Gasteiger partial charge in [0, 0.05) is 42.2 Å². The van der Waals surface area contributed by atoms with Crippen LogP contribution in [-0.2, 0) is 16.0 Å². The minimum atomic E-state index is -0.527. The molecule has 3 aliphatic heterocycles. The van der Waals surface area contributed by atoms with E-state index < -0.39 is 6.04 Å². The Labute approximate surface area is 208 Å². The molecule has 1 aromatic heterocycles. The third-order valence-electron chi connectivity index (χ3n) is 7.10. The van der Waals surface area contributed by atoms with E-state index in [2.05, 4.69) is 18.0 Å². The van der Waals surface area contributed by atoms with Gasteiger partial charge in [0.25, 0.3) is 5.91 Å². The number of rotatable bonds is 4. The maximum Gasteiger partial charge on any atom is 0.259 e. The lowest BCUT2D eigenvalue weighted by molar-refractivity contribution is -0.129. The van der Waals surface area contributed by atoms with Gasteiger partial charge in [0.05, 0.1) is 11.4 Å². The minimum Gasteiger partial charge on any atom is -0.361 e. The van der Waals surface area contributed by atoms with Crippen LogP contribution in [0.4, 0.5) is 5.69 Å². The Balaban J connectivity index is 1.25. The molecule has 0 unspecified atom stereocenters. The number of carbonyl (C=O) groups excluding carboxylic acids is 2. The van der Waals surface area contributed by atoms with Gasteiger partial charge in [-0.3, -0.25) is 14.6 Å². The number of nitrogens with zero attached hydrogens (tertiary/aromatic N) is 4. The number of nitrogens with one attached hydrogen (secondary N) is 1. The number of aromatic amines is 1. The highest BCUT2D eigenvalue weighted by Gasteiger charge is 2.41. The molecule has 1 saturated heterocycles. The van der Waals surface area contributed by atoms with E-state index >= 15 is 0 Å². The number of H-pyrrole nitrogens is 1. The van der Waals surface area contributed by atoms with Gasteiger partial charge in [-0.25, -0.2) is 9.89 Å². The van der Waals surface area contributed by atoms with Crippen LogP contribution in [0.2, 0.25) is 0 Å². The number of benzene rings is 2. The molecule has 0 bridgehead atoms. The van der Waals surface area contributed by atoms with E-state index in [1.807, 2.05) is 53.6 Å². The summed E-state index contributed by atoms with van der Waals surface area (Å²) >= 11 is 1.33. The first-order valence-electron chi connectivity index (χ1n) is 12.1. The third-order valence-corrected chi connectivity index (χ3v) is 8.02. The molecule has 2 amide bonds. The number of para-hydroxylation sites is 2. The maximum absolute atomic E-state index is 13.6. The summed E-state index contributed by atoms with van der Waals surface area (Å²) < 4.78 is 0. The second-order valence-corrected chi connectivity index (χ2v) is 10.4. The summed E-state index contributed by atoms with van der Waals surface area (Å²) in [6.45, 7) is 3.84. The van der Waals surface area contributed by atoms with Crippen molar-refractivity contribution in [3.63, 3.8) is 0 Å². The fraction of sp³-hybridized carbons (Fsp3) is 0.333. The second kappa shape index (κ2) is 9.00. The standard InChI is InChI=1S/C27H27N5O2S/c1-17-10-12-31(13-11-17)24(33)16-35-27-30-22-9-5-3-7-20(22)25-29-23(26(34)32(25)27)14-18-15-28-21-8-4-2-6-19(18)21/h2-9,15,17,23,28H,10-14,16H2,1H3/t23-/m1/s1. The van der Waals surface area contributed by atoms with Gasteiger partial charge < -0.3 is 9.88 Å². The molecule has 35 heavy (non-hydrogen) atoms. The summed E-state index contributed by atoms with van der Waals surface area (Å²) in [5.41, 5.74) is 3.75. The monoisotopic (exact) mass is 485 g/mol. The Morgan fingerprint density at radius 3 is 2.74 bits per heavy atom. The van der Waals surface area contributed by atoms with Crippen molar-refractivity contribution in [1.82, 2.24) is 14.8 Å². The zero-order valence-electron chi connectivity index (χ0n) is 19.6. The summed E-state index contributed by atoms with van der Waals surface area (Å²) in [6.07, 6.45) is 4.56. The number of fused-ring (bicyclic) bond motifs is 4. The molecule has 2 aromatic carbocycles. The van der Waals surface area contributed by atoms with Gasteiger partial charge in [-0.1, -0.05) is 49.0 Å². The van der Waals surface area contributed by atoms with Crippen LogP contribution in [0.3, 0.4) is 0 Å². The van der Waals surface area contributed by atoms with E-state index in [-0.39, 0.29) is 17.6 Å². The first-order valence-corrected chi connectivity index (χ1v) is 13.1. The molecule has 4 heterocycles. The highest BCUT2D eigenvalue weighted by molar-refractivity contribution is 8.14. The second-order valence-electron chi connectivity index (χ2n) is 9.47. The number of thioether (sulfide) groups is 1. The number of aliphatic imine (C=N–C) groups is 2. The number of aromatic nitrogens is 1. The lowest BCUT2D eigenvalue weighted by Gasteiger charge is -2.31. The first kappa shape index (κ1) is 22.1. The molecule has 1 atom stereocenters. The summed E-state index contributed by atoms with van der Waals surface area (Å²) in [5, 5.41) is 1.64. The summed E-state index contributed by atoms with van der Waals surface area (Å²) in [4.78, 5) is 43.0. The quantitative estimate of drug-likeness (QED) is 0.596. The molecule has 0 aliphatic carbocycles. The third kappa shape index (κ3) is 4.05. The molecule has 8 heteroatoms. The smallest absolute Gasteiger partial charge is 0.259 e. The van der Waals surface area contributed by atoms with E-state index in [9.17, 15) is 9.59 Å². The van der Waals surface area contributed by atoms with Crippen LogP contribution in [0.5, 0.6) is 0 Å². The van der Waals surface area contributed by atoms with Crippen LogP contribution in [0.25, 0.3) is 10.9 Å². The van der Waals surface area contributed by atoms with E-state index in [0.717, 1.165) is 53.6 Å². The van der Waals surface area contributed by atoms with Crippen molar-refractivity contribution >= 4 is 51.2 Å². The van der Waals surface area contributed by atoms with E-state index in [4.69, 9.17) is 9.98 Å². The van der Waals surface area contributed by atoms with Crippen LogP contribution < -0.4 is 0 Å². The zero-order valence-corrected chi connectivity index (χ0v) is 20.4. The molecular weight excluding hydrogens is 458 g/mol. The van der Waals surface area contributed by atoms with Gasteiger partial charge in [0.15, 0.2) is 5.17 Å². The largest absolute Gasteiger partial charge is 0.361 e. The Kier molecular flexibility index (Phi) is 5.68. The average molecular weight is 486 g/mol. The molecule has 178 valence electrons. The Bertz CT molecular complexity index is 1370. The average Bonchev–Trinajstić information content (AvgIpc) is 3.44. The van der Waals surface area contributed by atoms with Gasteiger partial charge in [0.2, 0.25) is 5.91 Å². The molecule has 3 aromatic rings. The Morgan fingerprint density at radius 1 is 1.11 bits per heavy atom. The molecule has 0 saturated carbocycles. The number of piperidine rings is 1. The van der Waals surface area contributed by atoms with E-state index in [1.165, 1.54) is 11.8 Å².